The van der Waals surface area contributed by atoms with E-state index in [1.54, 1.807) is 50.2 Å². The number of phenols is 1. The smallest absolute Gasteiger partial charge is 0.322 e. The molecule has 0 unspecified atom stereocenters. The summed E-state index contributed by atoms with van der Waals surface area (Å²) in [6, 6.07) is 10.3. The van der Waals surface area contributed by atoms with E-state index in [0.29, 0.717) is 16.3 Å². The Kier molecular flexibility index (Phi) is 7.96. The number of hydrogen-bond acceptors (Lipinski definition) is 7. The van der Waals surface area contributed by atoms with Crippen LogP contribution < -0.4 is 11.1 Å². The molecule has 0 aliphatic carbocycles. The number of aryl methyl sites for hydroxylation is 1. The van der Waals surface area contributed by atoms with Crippen LogP contribution in [0.3, 0.4) is 0 Å². The molecule has 2 aromatic carbocycles. The summed E-state index contributed by atoms with van der Waals surface area (Å²) in [5.74, 6) is -1.53. The molecule has 2 aliphatic rings. The lowest BCUT2D eigenvalue weighted by molar-refractivity contribution is -0.223. The maximum absolute atomic E-state index is 13.7. The van der Waals surface area contributed by atoms with Gasteiger partial charge in [0.05, 0.1) is 12.6 Å². The normalized spacial score (nSPS) is 24.9. The van der Waals surface area contributed by atoms with Crippen molar-refractivity contribution in [2.24, 2.45) is 5.73 Å². The zero-order chi connectivity index (χ0) is 26.9. The number of methoxy groups -OCH3 is 1. The Labute approximate surface area is 220 Å². The second kappa shape index (κ2) is 10.8. The highest BCUT2D eigenvalue weighted by molar-refractivity contribution is 6.31. The summed E-state index contributed by atoms with van der Waals surface area (Å²) in [4.78, 5) is 27.4. The lowest BCUT2D eigenvalue weighted by atomic mass is 9.98. The van der Waals surface area contributed by atoms with E-state index in [0.717, 1.165) is 5.56 Å². The van der Waals surface area contributed by atoms with Gasteiger partial charge in [0.2, 0.25) is 5.91 Å². The molecule has 37 heavy (non-hydrogen) atoms. The van der Waals surface area contributed by atoms with Crippen molar-refractivity contribution in [3.05, 3.63) is 58.6 Å². The van der Waals surface area contributed by atoms with Gasteiger partial charge in [0.25, 0.3) is 0 Å². The lowest BCUT2D eigenvalue weighted by Crippen LogP contribution is -2.54. The number of anilines is 1. The van der Waals surface area contributed by atoms with Gasteiger partial charge in [-0.3, -0.25) is 4.79 Å². The molecule has 0 radical (unpaired) electrons. The van der Waals surface area contributed by atoms with Crippen molar-refractivity contribution >= 4 is 29.2 Å². The van der Waals surface area contributed by atoms with Crippen LogP contribution in [0.1, 0.15) is 31.4 Å². The maximum Gasteiger partial charge on any atom is 0.322 e. The summed E-state index contributed by atoms with van der Waals surface area (Å²) in [5.41, 5.74) is 7.42. The number of carbonyl (C=O) groups is 2. The number of rotatable bonds is 8. The van der Waals surface area contributed by atoms with Crippen LogP contribution in [-0.4, -0.2) is 65.5 Å². The molecule has 0 spiro atoms. The van der Waals surface area contributed by atoms with Crippen LogP contribution in [0.25, 0.3) is 0 Å². The molecule has 2 fully saturated rings. The molecule has 2 aromatic rings. The number of urea groups is 1. The van der Waals surface area contributed by atoms with Crippen LogP contribution in [0.5, 0.6) is 5.75 Å². The Balaban J connectivity index is 1.70. The van der Waals surface area contributed by atoms with Gasteiger partial charge in [-0.15, -0.1) is 0 Å². The number of amides is 3. The van der Waals surface area contributed by atoms with E-state index in [1.807, 2.05) is 6.92 Å². The molecular weight excluding hydrogens is 502 g/mol. The number of ether oxygens (including phenoxy) is 4. The fraction of sp³-hybridized carbons (Fsp3) is 0.462. The molecule has 2 heterocycles. The second-order valence-corrected chi connectivity index (χ2v) is 10.1. The first kappa shape index (κ1) is 27.2. The van der Waals surface area contributed by atoms with Crippen molar-refractivity contribution in [1.82, 2.24) is 4.90 Å². The Hall–Kier alpha value is -2.89. The Morgan fingerprint density at radius 3 is 2.62 bits per heavy atom. The van der Waals surface area contributed by atoms with Gasteiger partial charge in [0.1, 0.15) is 24.1 Å². The number of aromatic hydroxyl groups is 1. The predicted molar refractivity (Wildman–Crippen MR) is 136 cm³/mol. The molecule has 200 valence electrons. The molecule has 10 nitrogen and oxygen atoms in total. The Morgan fingerprint density at radius 1 is 1.24 bits per heavy atom. The number of nitrogens with zero attached hydrogens (tertiary/aromatic N) is 1. The third-order valence-electron chi connectivity index (χ3n) is 6.51. The predicted octanol–water partition coefficient (Wildman–Crippen LogP) is 3.52. The first-order chi connectivity index (χ1) is 17.5. The summed E-state index contributed by atoms with van der Waals surface area (Å²) in [6.07, 6.45) is -3.05. The fourth-order valence-electron chi connectivity index (χ4n) is 4.73. The highest BCUT2D eigenvalue weighted by Crippen LogP contribution is 2.41. The van der Waals surface area contributed by atoms with Crippen molar-refractivity contribution < 1.29 is 33.6 Å². The minimum atomic E-state index is -0.885. The van der Waals surface area contributed by atoms with E-state index in [4.69, 9.17) is 36.3 Å². The van der Waals surface area contributed by atoms with Crippen LogP contribution >= 0.6 is 11.6 Å². The van der Waals surface area contributed by atoms with Crippen LogP contribution in [0, 0.1) is 6.92 Å². The number of carbonyl (C=O) groups excluding carboxylic acids is 2. The van der Waals surface area contributed by atoms with Crippen molar-refractivity contribution in [2.75, 3.05) is 12.4 Å². The molecule has 11 heteroatoms. The van der Waals surface area contributed by atoms with E-state index in [1.165, 1.54) is 18.1 Å². The number of primary amides is 1. The van der Waals surface area contributed by atoms with Gasteiger partial charge in [-0.2, -0.15) is 0 Å². The number of nitrogens with two attached hydrogens (primary N) is 1. The van der Waals surface area contributed by atoms with Crippen molar-refractivity contribution in [3.8, 4) is 5.75 Å². The van der Waals surface area contributed by atoms with Crippen LogP contribution in [0.15, 0.2) is 42.5 Å². The molecule has 0 bridgehead atoms. The summed E-state index contributed by atoms with van der Waals surface area (Å²) < 4.78 is 23.8. The molecule has 5 atom stereocenters. The molecule has 3 amide bonds. The topological polar surface area (TPSA) is 133 Å². The zero-order valence-electron chi connectivity index (χ0n) is 21.1. The number of benzene rings is 2. The summed E-state index contributed by atoms with van der Waals surface area (Å²) in [6.45, 7) is 5.34. The summed E-state index contributed by atoms with van der Waals surface area (Å²) in [7, 11) is 1.50. The van der Waals surface area contributed by atoms with Crippen LogP contribution in [0.4, 0.5) is 10.5 Å². The Morgan fingerprint density at radius 2 is 1.97 bits per heavy atom. The fourth-order valence-corrected chi connectivity index (χ4v) is 4.91. The van der Waals surface area contributed by atoms with Gasteiger partial charge in [-0.25, -0.2) is 4.79 Å². The van der Waals surface area contributed by atoms with E-state index in [2.05, 4.69) is 5.32 Å². The van der Waals surface area contributed by atoms with Gasteiger partial charge >= 0.3 is 6.03 Å². The molecule has 0 aromatic heterocycles. The summed E-state index contributed by atoms with van der Waals surface area (Å²) in [5, 5.41) is 13.8. The third kappa shape index (κ3) is 6.00. The van der Waals surface area contributed by atoms with Crippen LogP contribution in [0.2, 0.25) is 5.02 Å². The van der Waals surface area contributed by atoms with Crippen molar-refractivity contribution in [2.45, 2.75) is 70.2 Å². The van der Waals surface area contributed by atoms with Gasteiger partial charge in [-0.05, 0) is 44.5 Å². The quantitative estimate of drug-likeness (QED) is 0.473. The Bertz CT molecular complexity index is 1160. The van der Waals surface area contributed by atoms with E-state index in [-0.39, 0.29) is 18.7 Å². The minimum absolute atomic E-state index is 0.00239. The van der Waals surface area contributed by atoms with E-state index >= 15 is 0 Å². The molecule has 2 aliphatic heterocycles. The van der Waals surface area contributed by atoms with Gasteiger partial charge in [-0.1, -0.05) is 35.9 Å². The molecule has 2 saturated heterocycles. The van der Waals surface area contributed by atoms with E-state index < -0.39 is 48.4 Å². The van der Waals surface area contributed by atoms with Gasteiger partial charge < -0.3 is 40.0 Å². The zero-order valence-corrected chi connectivity index (χ0v) is 21.9. The molecule has 4 N–H and O–H groups in total. The second-order valence-electron chi connectivity index (χ2n) is 9.66. The van der Waals surface area contributed by atoms with Gasteiger partial charge in [0.15, 0.2) is 12.1 Å². The highest BCUT2D eigenvalue weighted by Gasteiger charge is 2.58. The number of fused-ring (bicyclic) bond motifs is 1. The number of nitrogens with one attached hydrogen (secondary N) is 1. The number of halogens is 1. The largest absolute Gasteiger partial charge is 0.508 e. The molecule has 0 saturated carbocycles. The first-order valence-corrected chi connectivity index (χ1v) is 12.3. The number of para-hydroxylation sites is 1. The minimum Gasteiger partial charge on any atom is -0.508 e. The monoisotopic (exact) mass is 533 g/mol. The van der Waals surface area contributed by atoms with Crippen molar-refractivity contribution in [1.29, 1.82) is 0 Å². The van der Waals surface area contributed by atoms with Gasteiger partial charge in [0, 0.05) is 29.8 Å². The third-order valence-corrected chi connectivity index (χ3v) is 6.91. The lowest BCUT2D eigenvalue weighted by Gasteiger charge is -2.37. The SMILES string of the molecule is CO[C@@H]1[C@H]2OC(C)(C)O[C@H]2O[C@@H]1[C@H](CC(N)=O)N(Cc1ccccc1O)C(=O)Nc1ccc(C)c(Cl)c1. The maximum atomic E-state index is 13.7. The summed E-state index contributed by atoms with van der Waals surface area (Å²) >= 11 is 6.25. The average molecular weight is 534 g/mol. The molecular formula is C26H32ClN3O7. The van der Waals surface area contributed by atoms with Crippen LogP contribution in [-0.2, 0) is 30.3 Å². The van der Waals surface area contributed by atoms with Crippen molar-refractivity contribution in [3.63, 3.8) is 0 Å². The first-order valence-electron chi connectivity index (χ1n) is 11.9. The number of phenolic OH excluding ortho intramolecular Hbond substituents is 1. The average Bonchev–Trinajstić information content (AvgIpc) is 3.30. The number of hydrogen-bond donors (Lipinski definition) is 3. The van der Waals surface area contributed by atoms with E-state index in [9.17, 15) is 14.7 Å². The highest BCUT2D eigenvalue weighted by atomic mass is 35.5. The standard InChI is InChI=1S/C26H32ClN3O7/c1-14-9-10-16(11-17(14)27)29-25(33)30(13-15-7-5-6-8-19(15)31)18(12-20(28)32)21-22(34-4)23-24(35-21)37-26(2,3)36-23/h5-11,18,21-24,31H,12-13H2,1-4H3,(H2,28,32)(H,29,33)/t18-,21+,22-,23+,24+/m0/s1. The molecule has 4 rings (SSSR count).